The fourth-order valence-corrected chi connectivity index (χ4v) is 3.26. The molecule has 2 aromatic carbocycles. The lowest BCUT2D eigenvalue weighted by atomic mass is 9.87. The van der Waals surface area contributed by atoms with Crippen LogP contribution in [-0.4, -0.2) is 25.3 Å². The van der Waals surface area contributed by atoms with Crippen molar-refractivity contribution in [1.82, 2.24) is 0 Å². The fourth-order valence-electron chi connectivity index (χ4n) is 3.26. The van der Waals surface area contributed by atoms with Gasteiger partial charge in [0.2, 0.25) is 5.91 Å². The minimum Gasteiger partial charge on any atom is -0.497 e. The Bertz CT molecular complexity index is 827. The van der Waals surface area contributed by atoms with E-state index in [4.69, 9.17) is 9.84 Å². The van der Waals surface area contributed by atoms with Gasteiger partial charge in [-0.3, -0.25) is 4.79 Å². The summed E-state index contributed by atoms with van der Waals surface area (Å²) < 4.78 is 5.18. The van der Waals surface area contributed by atoms with Gasteiger partial charge < -0.3 is 10.1 Å². The van der Waals surface area contributed by atoms with Crippen LogP contribution in [-0.2, 0) is 4.79 Å². The molecule has 0 saturated carbocycles. The minimum absolute atomic E-state index is 0.0202. The van der Waals surface area contributed by atoms with Crippen molar-refractivity contribution < 1.29 is 9.53 Å². The van der Waals surface area contributed by atoms with Gasteiger partial charge in [-0.05, 0) is 43.3 Å². The second kappa shape index (κ2) is 5.67. The Balaban J connectivity index is 1.77. The van der Waals surface area contributed by atoms with Gasteiger partial charge in [-0.2, -0.15) is 5.10 Å². The molecule has 24 heavy (non-hydrogen) atoms. The molecule has 5 nitrogen and oxygen atoms in total. The minimum atomic E-state index is 0.0202. The summed E-state index contributed by atoms with van der Waals surface area (Å²) in [6.07, 6.45) is 0.464. The molecule has 0 bridgehead atoms. The number of nitrogens with zero attached hydrogens (tertiary/aromatic N) is 2. The average Bonchev–Trinajstić information content (AvgIpc) is 2.61. The summed E-state index contributed by atoms with van der Waals surface area (Å²) >= 11 is 0. The second-order valence-corrected chi connectivity index (χ2v) is 6.22. The van der Waals surface area contributed by atoms with E-state index in [1.807, 2.05) is 24.3 Å². The van der Waals surface area contributed by atoms with Gasteiger partial charge in [0.25, 0.3) is 0 Å². The van der Waals surface area contributed by atoms with Gasteiger partial charge in [0.15, 0.2) is 0 Å². The fraction of sp³-hybridized carbons (Fsp3) is 0.263. The number of carbonyl (C=O) groups excluding carboxylic acids is 1. The number of hydrogen-bond donors (Lipinski definition) is 1. The summed E-state index contributed by atoms with van der Waals surface area (Å²) in [4.78, 5) is 12.5. The molecule has 0 aromatic heterocycles. The first-order valence-corrected chi connectivity index (χ1v) is 8.06. The normalized spacial score (nSPS) is 19.1. The van der Waals surface area contributed by atoms with Crippen molar-refractivity contribution in [2.24, 2.45) is 11.0 Å². The van der Waals surface area contributed by atoms with Gasteiger partial charge >= 0.3 is 0 Å². The van der Waals surface area contributed by atoms with Crippen LogP contribution in [0.4, 0.5) is 11.4 Å². The van der Waals surface area contributed by atoms with Crippen LogP contribution in [0, 0.1) is 12.8 Å². The van der Waals surface area contributed by atoms with E-state index in [0.29, 0.717) is 6.42 Å². The van der Waals surface area contributed by atoms with Crippen molar-refractivity contribution >= 4 is 23.0 Å². The van der Waals surface area contributed by atoms with Crippen molar-refractivity contribution in [2.45, 2.75) is 13.3 Å². The highest BCUT2D eigenvalue weighted by Gasteiger charge is 2.34. The lowest BCUT2D eigenvalue weighted by Crippen LogP contribution is -2.42. The number of nitrogens with one attached hydrogen (secondary N) is 1. The van der Waals surface area contributed by atoms with E-state index in [2.05, 4.69) is 30.4 Å². The summed E-state index contributed by atoms with van der Waals surface area (Å²) in [5.41, 5.74) is 5.12. The van der Waals surface area contributed by atoms with Crippen LogP contribution in [0.15, 0.2) is 47.6 Å². The first-order chi connectivity index (χ1) is 11.7. The SMILES string of the molecule is COc1ccc(N2N=C3c4cc(C)ccc4NCC3CC2=O)cc1. The zero-order valence-electron chi connectivity index (χ0n) is 13.7. The molecule has 2 aliphatic heterocycles. The third-order valence-corrected chi connectivity index (χ3v) is 4.56. The van der Waals surface area contributed by atoms with Gasteiger partial charge in [0.05, 0.1) is 18.5 Å². The van der Waals surface area contributed by atoms with Crippen molar-refractivity contribution in [3.05, 3.63) is 53.6 Å². The number of aryl methyl sites for hydroxylation is 1. The number of carbonyl (C=O) groups is 1. The van der Waals surface area contributed by atoms with Gasteiger partial charge in [-0.25, -0.2) is 5.01 Å². The number of rotatable bonds is 2. The van der Waals surface area contributed by atoms with E-state index >= 15 is 0 Å². The van der Waals surface area contributed by atoms with Crippen LogP contribution in [0.2, 0.25) is 0 Å². The van der Waals surface area contributed by atoms with E-state index in [9.17, 15) is 4.79 Å². The number of methoxy groups -OCH3 is 1. The van der Waals surface area contributed by atoms with Crippen molar-refractivity contribution in [2.75, 3.05) is 24.0 Å². The number of fused-ring (bicyclic) bond motifs is 3. The summed E-state index contributed by atoms with van der Waals surface area (Å²) in [6, 6.07) is 13.7. The Morgan fingerprint density at radius 1 is 1.21 bits per heavy atom. The molecular weight excluding hydrogens is 302 g/mol. The molecule has 0 aliphatic carbocycles. The Labute approximate surface area is 140 Å². The van der Waals surface area contributed by atoms with Crippen LogP contribution in [0.5, 0.6) is 5.75 Å². The molecule has 4 rings (SSSR count). The molecule has 0 spiro atoms. The number of anilines is 2. The average molecular weight is 321 g/mol. The molecule has 2 heterocycles. The number of hydrogen-bond acceptors (Lipinski definition) is 4. The van der Waals surface area contributed by atoms with Crippen LogP contribution in [0.1, 0.15) is 17.5 Å². The second-order valence-electron chi connectivity index (χ2n) is 6.22. The number of ether oxygens (including phenoxy) is 1. The summed E-state index contributed by atoms with van der Waals surface area (Å²) in [5.74, 6) is 0.907. The molecule has 2 aromatic rings. The smallest absolute Gasteiger partial charge is 0.248 e. The quantitative estimate of drug-likeness (QED) is 0.924. The molecule has 1 atom stereocenters. The molecule has 2 aliphatic rings. The molecule has 0 saturated heterocycles. The maximum atomic E-state index is 12.5. The van der Waals surface area contributed by atoms with Crippen LogP contribution in [0.3, 0.4) is 0 Å². The maximum Gasteiger partial charge on any atom is 0.248 e. The molecule has 5 heteroatoms. The lowest BCUT2D eigenvalue weighted by Gasteiger charge is -2.34. The zero-order valence-corrected chi connectivity index (χ0v) is 13.7. The highest BCUT2D eigenvalue weighted by Crippen LogP contribution is 2.33. The van der Waals surface area contributed by atoms with Gasteiger partial charge in [-0.1, -0.05) is 11.6 Å². The van der Waals surface area contributed by atoms with Crippen LogP contribution in [0.25, 0.3) is 0 Å². The predicted octanol–water partition coefficient (Wildman–Crippen LogP) is 3.19. The highest BCUT2D eigenvalue weighted by atomic mass is 16.5. The van der Waals surface area contributed by atoms with E-state index in [1.165, 1.54) is 10.6 Å². The number of hydrazone groups is 1. The highest BCUT2D eigenvalue weighted by molar-refractivity contribution is 6.14. The first-order valence-electron chi connectivity index (χ1n) is 8.06. The zero-order chi connectivity index (χ0) is 16.7. The van der Waals surface area contributed by atoms with Gasteiger partial charge in [0, 0.05) is 30.1 Å². The maximum absolute atomic E-state index is 12.5. The van der Waals surface area contributed by atoms with Crippen molar-refractivity contribution in [3.63, 3.8) is 0 Å². The Hall–Kier alpha value is -2.82. The summed E-state index contributed by atoms with van der Waals surface area (Å²) in [5, 5.41) is 9.64. The van der Waals surface area contributed by atoms with Gasteiger partial charge in [0.1, 0.15) is 5.75 Å². The monoisotopic (exact) mass is 321 g/mol. The Morgan fingerprint density at radius 3 is 2.75 bits per heavy atom. The Kier molecular flexibility index (Phi) is 3.49. The lowest BCUT2D eigenvalue weighted by molar-refractivity contribution is -0.119. The van der Waals surface area contributed by atoms with Crippen molar-refractivity contribution in [1.29, 1.82) is 0 Å². The van der Waals surface area contributed by atoms with Crippen molar-refractivity contribution in [3.8, 4) is 5.75 Å². The molecule has 1 amide bonds. The molecule has 0 fully saturated rings. The first kappa shape index (κ1) is 14.8. The van der Waals surface area contributed by atoms with E-state index in [-0.39, 0.29) is 11.8 Å². The number of amides is 1. The molecule has 1 unspecified atom stereocenters. The molecule has 122 valence electrons. The number of benzene rings is 2. The molecule has 1 N–H and O–H groups in total. The van der Waals surface area contributed by atoms with Crippen LogP contribution >= 0.6 is 0 Å². The third-order valence-electron chi connectivity index (χ3n) is 4.56. The van der Waals surface area contributed by atoms with E-state index in [1.54, 1.807) is 7.11 Å². The van der Waals surface area contributed by atoms with Gasteiger partial charge in [-0.15, -0.1) is 0 Å². The standard InChI is InChI=1S/C19H19N3O2/c1-12-3-8-17-16(9-12)19-13(11-20-17)10-18(23)22(21-19)14-4-6-15(24-2)7-5-14/h3-9,13,20H,10-11H2,1-2H3. The summed E-state index contributed by atoms with van der Waals surface area (Å²) in [7, 11) is 1.63. The predicted molar refractivity (Wildman–Crippen MR) is 94.8 cm³/mol. The topological polar surface area (TPSA) is 53.9 Å². The van der Waals surface area contributed by atoms with E-state index in [0.717, 1.165) is 34.9 Å². The molecular formula is C19H19N3O2. The third kappa shape index (κ3) is 2.42. The Morgan fingerprint density at radius 2 is 2.00 bits per heavy atom. The van der Waals surface area contributed by atoms with E-state index < -0.39 is 0 Å². The largest absolute Gasteiger partial charge is 0.497 e. The van der Waals surface area contributed by atoms with Crippen LogP contribution < -0.4 is 15.1 Å². The summed E-state index contributed by atoms with van der Waals surface area (Å²) in [6.45, 7) is 2.82. The molecule has 0 radical (unpaired) electrons.